The van der Waals surface area contributed by atoms with E-state index in [-0.39, 0.29) is 11.5 Å². The van der Waals surface area contributed by atoms with Gasteiger partial charge in [-0.15, -0.1) is 11.3 Å². The Morgan fingerprint density at radius 3 is 2.75 bits per heavy atom. The van der Waals surface area contributed by atoms with Gasteiger partial charge in [0, 0.05) is 12.6 Å². The van der Waals surface area contributed by atoms with E-state index in [1.165, 1.54) is 17.4 Å². The summed E-state index contributed by atoms with van der Waals surface area (Å²) in [6, 6.07) is 8.48. The lowest BCUT2D eigenvalue weighted by atomic mass is 10.1. The molecule has 0 saturated carbocycles. The van der Waals surface area contributed by atoms with E-state index in [1.54, 1.807) is 25.2 Å². The van der Waals surface area contributed by atoms with Crippen LogP contribution in [0.5, 0.6) is 5.75 Å². The van der Waals surface area contributed by atoms with Crippen molar-refractivity contribution in [1.29, 1.82) is 0 Å². The Labute approximate surface area is 97.4 Å². The molecule has 0 unspecified atom stereocenters. The molecule has 2 N–H and O–H groups in total. The van der Waals surface area contributed by atoms with Gasteiger partial charge in [0.2, 0.25) is 5.78 Å². The van der Waals surface area contributed by atoms with E-state index < -0.39 is 0 Å². The van der Waals surface area contributed by atoms with Crippen molar-refractivity contribution in [3.05, 3.63) is 46.2 Å². The molecule has 2 aromatic rings. The first-order valence-corrected chi connectivity index (χ1v) is 5.69. The van der Waals surface area contributed by atoms with Gasteiger partial charge in [-0.05, 0) is 29.6 Å². The molecule has 1 aromatic carbocycles. The van der Waals surface area contributed by atoms with Crippen molar-refractivity contribution < 1.29 is 9.90 Å². The molecule has 0 spiro atoms. The van der Waals surface area contributed by atoms with Gasteiger partial charge in [0.05, 0.1) is 10.6 Å². The van der Waals surface area contributed by atoms with Gasteiger partial charge in [0.1, 0.15) is 5.75 Å². The number of hydrogen-bond acceptors (Lipinski definition) is 4. The lowest BCUT2D eigenvalue weighted by Crippen LogP contribution is -1.99. The second-order valence-corrected chi connectivity index (χ2v) is 4.24. The molecule has 0 amide bonds. The Balaban J connectivity index is 2.35. The predicted octanol–water partition coefficient (Wildman–Crippen LogP) is 2.73. The average Bonchev–Trinajstić information content (AvgIpc) is 2.81. The number of nitrogens with one attached hydrogen (secondary N) is 1. The van der Waals surface area contributed by atoms with Gasteiger partial charge in [-0.25, -0.2) is 0 Å². The monoisotopic (exact) mass is 233 g/mol. The van der Waals surface area contributed by atoms with Crippen molar-refractivity contribution >= 4 is 22.8 Å². The molecule has 0 aliphatic heterocycles. The van der Waals surface area contributed by atoms with Crippen molar-refractivity contribution in [3.63, 3.8) is 0 Å². The lowest BCUT2D eigenvalue weighted by molar-refractivity contribution is 0.104. The maximum absolute atomic E-state index is 11.9. The molecule has 1 aromatic heterocycles. The Morgan fingerprint density at radius 2 is 2.19 bits per heavy atom. The number of hydrogen-bond donors (Lipinski definition) is 2. The summed E-state index contributed by atoms with van der Waals surface area (Å²) in [7, 11) is 1.72. The Morgan fingerprint density at radius 1 is 1.38 bits per heavy atom. The Bertz CT molecular complexity index is 506. The zero-order valence-corrected chi connectivity index (χ0v) is 9.54. The molecule has 3 nitrogen and oxygen atoms in total. The van der Waals surface area contributed by atoms with Crippen LogP contribution in [0.2, 0.25) is 0 Å². The molecule has 82 valence electrons. The molecule has 0 bridgehead atoms. The fourth-order valence-corrected chi connectivity index (χ4v) is 2.12. The van der Waals surface area contributed by atoms with Gasteiger partial charge in [-0.3, -0.25) is 4.79 Å². The van der Waals surface area contributed by atoms with Crippen LogP contribution in [-0.2, 0) is 0 Å². The van der Waals surface area contributed by atoms with Crippen LogP contribution in [0, 0.1) is 0 Å². The minimum absolute atomic E-state index is 0.0621. The second kappa shape index (κ2) is 4.37. The maximum Gasteiger partial charge on any atom is 0.203 e. The molecule has 16 heavy (non-hydrogen) atoms. The number of carbonyl (C=O) groups is 1. The smallest absolute Gasteiger partial charge is 0.203 e. The average molecular weight is 233 g/mol. The van der Waals surface area contributed by atoms with E-state index in [4.69, 9.17) is 0 Å². The number of benzene rings is 1. The summed E-state index contributed by atoms with van der Waals surface area (Å²) in [6.07, 6.45) is 0. The minimum Gasteiger partial charge on any atom is -0.506 e. The van der Waals surface area contributed by atoms with Crippen molar-refractivity contribution in [3.8, 4) is 5.75 Å². The highest BCUT2D eigenvalue weighted by Crippen LogP contribution is 2.25. The summed E-state index contributed by atoms with van der Waals surface area (Å²) in [6.45, 7) is 0. The number of anilines is 1. The third kappa shape index (κ3) is 1.92. The van der Waals surface area contributed by atoms with Gasteiger partial charge in [-0.2, -0.15) is 0 Å². The topological polar surface area (TPSA) is 49.3 Å². The van der Waals surface area contributed by atoms with Gasteiger partial charge in [0.15, 0.2) is 0 Å². The Hall–Kier alpha value is -1.81. The first kappa shape index (κ1) is 10.7. The van der Waals surface area contributed by atoms with E-state index in [9.17, 15) is 9.90 Å². The number of ketones is 1. The number of carbonyl (C=O) groups excluding carboxylic acids is 1. The zero-order chi connectivity index (χ0) is 11.5. The highest BCUT2D eigenvalue weighted by atomic mass is 32.1. The van der Waals surface area contributed by atoms with Gasteiger partial charge < -0.3 is 10.4 Å². The van der Waals surface area contributed by atoms with Gasteiger partial charge >= 0.3 is 0 Å². The molecule has 4 heteroatoms. The summed E-state index contributed by atoms with van der Waals surface area (Å²) in [5, 5.41) is 14.3. The van der Waals surface area contributed by atoms with Crippen LogP contribution >= 0.6 is 11.3 Å². The molecular formula is C12H11NO2S. The molecule has 0 radical (unpaired) electrons. The van der Waals surface area contributed by atoms with Crippen LogP contribution in [0.4, 0.5) is 5.69 Å². The largest absolute Gasteiger partial charge is 0.506 e. The SMILES string of the molecule is CNc1ccc(C(=O)c2cccs2)cc1O. The summed E-state index contributed by atoms with van der Waals surface area (Å²) >= 11 is 1.39. The highest BCUT2D eigenvalue weighted by molar-refractivity contribution is 7.12. The second-order valence-electron chi connectivity index (χ2n) is 3.29. The first-order chi connectivity index (χ1) is 7.72. The van der Waals surface area contributed by atoms with Crippen molar-refractivity contribution in [1.82, 2.24) is 0 Å². The highest BCUT2D eigenvalue weighted by Gasteiger charge is 2.11. The fourth-order valence-electron chi connectivity index (χ4n) is 1.43. The van der Waals surface area contributed by atoms with Crippen molar-refractivity contribution in [2.75, 3.05) is 12.4 Å². The molecule has 0 aliphatic carbocycles. The van der Waals surface area contributed by atoms with E-state index in [2.05, 4.69) is 5.32 Å². The standard InChI is InChI=1S/C12H11NO2S/c1-13-9-5-4-8(7-10(9)14)12(15)11-3-2-6-16-11/h2-7,13-14H,1H3. The molecule has 0 atom stereocenters. The molecule has 0 fully saturated rings. The van der Waals surface area contributed by atoms with Crippen LogP contribution in [0.15, 0.2) is 35.7 Å². The molecule has 1 heterocycles. The summed E-state index contributed by atoms with van der Waals surface area (Å²) in [5.74, 6) is 0.0258. The number of thiophene rings is 1. The molecular weight excluding hydrogens is 222 g/mol. The van der Waals surface area contributed by atoms with Crippen LogP contribution in [0.3, 0.4) is 0 Å². The van der Waals surface area contributed by atoms with E-state index in [1.807, 2.05) is 11.4 Å². The maximum atomic E-state index is 11.9. The molecule has 2 rings (SSSR count). The number of aromatic hydroxyl groups is 1. The third-order valence-corrected chi connectivity index (χ3v) is 3.14. The normalized spacial score (nSPS) is 10.1. The first-order valence-electron chi connectivity index (χ1n) is 4.81. The van der Waals surface area contributed by atoms with Crippen LogP contribution in [0.1, 0.15) is 15.2 Å². The molecule has 0 aliphatic rings. The summed E-state index contributed by atoms with van der Waals surface area (Å²) < 4.78 is 0. The van der Waals surface area contributed by atoms with Gasteiger partial charge in [-0.1, -0.05) is 6.07 Å². The number of phenols is 1. The van der Waals surface area contributed by atoms with Crippen molar-refractivity contribution in [2.45, 2.75) is 0 Å². The van der Waals surface area contributed by atoms with Crippen molar-refractivity contribution in [2.24, 2.45) is 0 Å². The fraction of sp³-hybridized carbons (Fsp3) is 0.0833. The van der Waals surface area contributed by atoms with Gasteiger partial charge in [0.25, 0.3) is 0 Å². The van der Waals surface area contributed by atoms with E-state index in [0.717, 1.165) is 0 Å². The predicted molar refractivity (Wildman–Crippen MR) is 65.4 cm³/mol. The molecule has 0 saturated heterocycles. The summed E-state index contributed by atoms with van der Waals surface area (Å²) in [4.78, 5) is 12.6. The number of phenolic OH excluding ortho intramolecular Hbond substituents is 1. The lowest BCUT2D eigenvalue weighted by Gasteiger charge is -2.05. The number of rotatable bonds is 3. The third-order valence-electron chi connectivity index (χ3n) is 2.27. The van der Waals surface area contributed by atoms with E-state index in [0.29, 0.717) is 16.1 Å². The Kier molecular flexibility index (Phi) is 2.92. The van der Waals surface area contributed by atoms with Crippen LogP contribution in [0.25, 0.3) is 0 Å². The van der Waals surface area contributed by atoms with E-state index >= 15 is 0 Å². The van der Waals surface area contributed by atoms with Crippen LogP contribution < -0.4 is 5.32 Å². The minimum atomic E-state index is -0.0621. The van der Waals surface area contributed by atoms with Crippen LogP contribution in [-0.4, -0.2) is 17.9 Å². The quantitative estimate of drug-likeness (QED) is 0.633. The zero-order valence-electron chi connectivity index (χ0n) is 8.73. The summed E-state index contributed by atoms with van der Waals surface area (Å²) in [5.41, 5.74) is 1.11.